The molecule has 4 rings (SSSR count). The van der Waals surface area contributed by atoms with Gasteiger partial charge in [-0.25, -0.2) is 0 Å². The molecule has 0 saturated carbocycles. The van der Waals surface area contributed by atoms with Crippen molar-refractivity contribution in [1.82, 2.24) is 14.8 Å². The predicted molar refractivity (Wildman–Crippen MR) is 95.6 cm³/mol. The Balaban J connectivity index is 1.34. The zero-order valence-electron chi connectivity index (χ0n) is 14.2. The standard InChI is InChI=1S/C19H23N3O3/c23-18(22-12-14(13-22)11-21-5-7-25-8-6-21)10-16-9-15-3-1-2-4-17(15)20-19(16)24/h1-4,9,14H,5-8,10-13H2,(H,20,24). The van der Waals surface area contributed by atoms with Crippen LogP contribution in [0.2, 0.25) is 0 Å². The maximum Gasteiger partial charge on any atom is 0.252 e. The highest BCUT2D eigenvalue weighted by Crippen LogP contribution is 2.19. The molecule has 1 N–H and O–H groups in total. The Bertz CT molecular complexity index is 820. The minimum absolute atomic E-state index is 0.0407. The number of carbonyl (C=O) groups excluding carboxylic acids is 1. The van der Waals surface area contributed by atoms with Crippen LogP contribution in [0.3, 0.4) is 0 Å². The lowest BCUT2D eigenvalue weighted by molar-refractivity contribution is -0.137. The molecule has 0 unspecified atom stereocenters. The Hall–Kier alpha value is -2.18. The number of nitrogens with one attached hydrogen (secondary N) is 1. The SMILES string of the molecule is O=C(Cc1cc2ccccc2[nH]c1=O)N1CC(CN2CCOCC2)C1. The molecule has 2 aromatic rings. The van der Waals surface area contributed by atoms with Gasteiger partial charge in [0.05, 0.1) is 19.6 Å². The first-order valence-electron chi connectivity index (χ1n) is 8.88. The van der Waals surface area contributed by atoms with Crippen molar-refractivity contribution in [3.8, 4) is 0 Å². The molecule has 2 aliphatic heterocycles. The Morgan fingerprint density at radius 1 is 1.20 bits per heavy atom. The van der Waals surface area contributed by atoms with Gasteiger partial charge in [-0.1, -0.05) is 18.2 Å². The fraction of sp³-hybridized carbons (Fsp3) is 0.474. The number of rotatable bonds is 4. The molecule has 0 bridgehead atoms. The summed E-state index contributed by atoms with van der Waals surface area (Å²) in [4.78, 5) is 31.8. The van der Waals surface area contributed by atoms with Crippen LogP contribution in [0, 0.1) is 5.92 Å². The highest BCUT2D eigenvalue weighted by Gasteiger charge is 2.32. The summed E-state index contributed by atoms with van der Waals surface area (Å²) in [5.41, 5.74) is 1.18. The summed E-state index contributed by atoms with van der Waals surface area (Å²) >= 11 is 0. The molecule has 1 aromatic carbocycles. The molecule has 132 valence electrons. The molecule has 6 nitrogen and oxygen atoms in total. The quantitative estimate of drug-likeness (QED) is 0.896. The van der Waals surface area contributed by atoms with E-state index >= 15 is 0 Å². The number of fused-ring (bicyclic) bond motifs is 1. The largest absolute Gasteiger partial charge is 0.379 e. The van der Waals surface area contributed by atoms with Crippen molar-refractivity contribution in [3.63, 3.8) is 0 Å². The van der Waals surface area contributed by atoms with Crippen molar-refractivity contribution in [3.05, 3.63) is 46.2 Å². The average molecular weight is 341 g/mol. The van der Waals surface area contributed by atoms with Crippen LogP contribution in [0.25, 0.3) is 10.9 Å². The lowest BCUT2D eigenvalue weighted by Gasteiger charge is -2.42. The number of morpholine rings is 1. The summed E-state index contributed by atoms with van der Waals surface area (Å²) in [6.45, 7) is 6.20. The first-order valence-corrected chi connectivity index (χ1v) is 8.88. The minimum atomic E-state index is -0.169. The van der Waals surface area contributed by atoms with Gasteiger partial charge in [-0.15, -0.1) is 0 Å². The second kappa shape index (κ2) is 6.98. The van der Waals surface area contributed by atoms with E-state index in [9.17, 15) is 9.59 Å². The van der Waals surface area contributed by atoms with Crippen LogP contribution in [0.1, 0.15) is 5.56 Å². The highest BCUT2D eigenvalue weighted by atomic mass is 16.5. The number of para-hydroxylation sites is 1. The van der Waals surface area contributed by atoms with Crippen molar-refractivity contribution in [2.75, 3.05) is 45.9 Å². The number of aromatic amines is 1. The fourth-order valence-corrected chi connectivity index (χ4v) is 3.64. The summed E-state index contributed by atoms with van der Waals surface area (Å²) in [7, 11) is 0. The van der Waals surface area contributed by atoms with Crippen molar-refractivity contribution >= 4 is 16.8 Å². The van der Waals surface area contributed by atoms with Gasteiger partial charge < -0.3 is 14.6 Å². The number of hydrogen-bond acceptors (Lipinski definition) is 4. The number of pyridine rings is 1. The van der Waals surface area contributed by atoms with E-state index in [1.54, 1.807) is 0 Å². The number of nitrogens with zero attached hydrogens (tertiary/aromatic N) is 2. The number of carbonyl (C=O) groups is 1. The predicted octanol–water partition coefficient (Wildman–Crippen LogP) is 0.861. The van der Waals surface area contributed by atoms with E-state index in [1.807, 2.05) is 35.2 Å². The first kappa shape index (κ1) is 16.3. The summed E-state index contributed by atoms with van der Waals surface area (Å²) < 4.78 is 5.36. The highest BCUT2D eigenvalue weighted by molar-refractivity contribution is 5.83. The molecular formula is C19H23N3O3. The van der Waals surface area contributed by atoms with E-state index in [4.69, 9.17) is 4.74 Å². The Morgan fingerprint density at radius 2 is 1.96 bits per heavy atom. The van der Waals surface area contributed by atoms with Gasteiger partial charge in [-0.3, -0.25) is 14.5 Å². The molecule has 1 amide bonds. The lowest BCUT2D eigenvalue weighted by atomic mass is 9.98. The third kappa shape index (κ3) is 3.60. The van der Waals surface area contributed by atoms with Crippen molar-refractivity contribution in [1.29, 1.82) is 0 Å². The van der Waals surface area contributed by atoms with Crippen LogP contribution in [0.4, 0.5) is 0 Å². The van der Waals surface area contributed by atoms with Crippen LogP contribution in [0.5, 0.6) is 0 Å². The summed E-state index contributed by atoms with van der Waals surface area (Å²) in [6.07, 6.45) is 0.171. The monoisotopic (exact) mass is 341 g/mol. The normalized spacial score (nSPS) is 19.1. The van der Waals surface area contributed by atoms with Crippen LogP contribution in [0.15, 0.2) is 35.1 Å². The number of benzene rings is 1. The molecule has 0 spiro atoms. The molecule has 0 radical (unpaired) electrons. The van der Waals surface area contributed by atoms with Gasteiger partial charge >= 0.3 is 0 Å². The fourth-order valence-electron chi connectivity index (χ4n) is 3.64. The van der Waals surface area contributed by atoms with Gasteiger partial charge in [-0.05, 0) is 17.5 Å². The van der Waals surface area contributed by atoms with Crippen molar-refractivity contribution in [2.24, 2.45) is 5.92 Å². The van der Waals surface area contributed by atoms with Gasteiger partial charge in [0.15, 0.2) is 0 Å². The van der Waals surface area contributed by atoms with Crippen LogP contribution >= 0.6 is 0 Å². The molecule has 25 heavy (non-hydrogen) atoms. The Kier molecular flexibility index (Phi) is 4.55. The molecule has 2 fully saturated rings. The summed E-state index contributed by atoms with van der Waals surface area (Å²) in [6, 6.07) is 9.46. The van der Waals surface area contributed by atoms with Crippen LogP contribution in [-0.2, 0) is 16.0 Å². The number of ether oxygens (including phenoxy) is 1. The van der Waals surface area contributed by atoms with Crippen LogP contribution in [-0.4, -0.2) is 66.6 Å². The first-order chi connectivity index (χ1) is 12.2. The molecule has 2 saturated heterocycles. The average Bonchev–Trinajstić information content (AvgIpc) is 2.59. The maximum absolute atomic E-state index is 12.5. The lowest BCUT2D eigenvalue weighted by Crippen LogP contribution is -2.55. The van der Waals surface area contributed by atoms with Gasteiger partial charge in [0, 0.05) is 49.7 Å². The van der Waals surface area contributed by atoms with E-state index in [0.29, 0.717) is 11.5 Å². The molecule has 6 heteroatoms. The number of amides is 1. The van der Waals surface area contributed by atoms with Gasteiger partial charge in [0.2, 0.25) is 5.91 Å². The molecule has 0 atom stereocenters. The number of H-pyrrole nitrogens is 1. The second-order valence-electron chi connectivity index (χ2n) is 6.97. The van der Waals surface area contributed by atoms with E-state index in [1.165, 1.54) is 0 Å². The molecule has 3 heterocycles. The Labute approximate surface area is 146 Å². The zero-order valence-corrected chi connectivity index (χ0v) is 14.2. The van der Waals surface area contributed by atoms with E-state index in [2.05, 4.69) is 9.88 Å². The van der Waals surface area contributed by atoms with E-state index < -0.39 is 0 Å². The van der Waals surface area contributed by atoms with Crippen molar-refractivity contribution < 1.29 is 9.53 Å². The van der Waals surface area contributed by atoms with Crippen molar-refractivity contribution in [2.45, 2.75) is 6.42 Å². The van der Waals surface area contributed by atoms with Gasteiger partial charge in [0.25, 0.3) is 5.56 Å². The van der Waals surface area contributed by atoms with E-state index in [0.717, 1.165) is 56.8 Å². The zero-order chi connectivity index (χ0) is 17.2. The third-order valence-electron chi connectivity index (χ3n) is 5.10. The summed E-state index contributed by atoms with van der Waals surface area (Å²) in [5.74, 6) is 0.580. The second-order valence-corrected chi connectivity index (χ2v) is 6.97. The molecule has 1 aromatic heterocycles. The molecule has 2 aliphatic rings. The summed E-state index contributed by atoms with van der Waals surface area (Å²) in [5, 5.41) is 0.957. The maximum atomic E-state index is 12.5. The number of aromatic nitrogens is 1. The number of hydrogen-bond donors (Lipinski definition) is 1. The third-order valence-corrected chi connectivity index (χ3v) is 5.10. The minimum Gasteiger partial charge on any atom is -0.379 e. The smallest absolute Gasteiger partial charge is 0.252 e. The van der Waals surface area contributed by atoms with Crippen LogP contribution < -0.4 is 5.56 Å². The Morgan fingerprint density at radius 3 is 2.76 bits per heavy atom. The molecular weight excluding hydrogens is 318 g/mol. The van der Waals surface area contributed by atoms with E-state index in [-0.39, 0.29) is 17.9 Å². The molecule has 0 aliphatic carbocycles. The van der Waals surface area contributed by atoms with Gasteiger partial charge in [0.1, 0.15) is 0 Å². The number of likely N-dealkylation sites (tertiary alicyclic amines) is 1. The van der Waals surface area contributed by atoms with Gasteiger partial charge in [-0.2, -0.15) is 0 Å². The topological polar surface area (TPSA) is 65.6 Å².